The summed E-state index contributed by atoms with van der Waals surface area (Å²) in [7, 11) is 3.86. The maximum absolute atomic E-state index is 12.4. The SMILES string of the molecule is COc1ccc(CCCC(=O)N2C[C@@H]3CCN(C)[C@@H]3C2)cc1. The van der Waals surface area contributed by atoms with Crippen molar-refractivity contribution in [1.29, 1.82) is 0 Å². The second-order valence-corrected chi connectivity index (χ2v) is 6.60. The van der Waals surface area contributed by atoms with Crippen LogP contribution in [0, 0.1) is 5.92 Å². The van der Waals surface area contributed by atoms with Gasteiger partial charge in [-0.1, -0.05) is 12.1 Å². The van der Waals surface area contributed by atoms with Crippen LogP contribution in [0.15, 0.2) is 24.3 Å². The van der Waals surface area contributed by atoms with E-state index in [2.05, 4.69) is 29.0 Å². The van der Waals surface area contributed by atoms with E-state index in [1.54, 1.807) is 7.11 Å². The minimum atomic E-state index is 0.330. The smallest absolute Gasteiger partial charge is 0.222 e. The molecular formula is C18H26N2O2. The molecule has 1 aromatic rings. The third-order valence-corrected chi connectivity index (χ3v) is 5.19. The molecule has 2 saturated heterocycles. The van der Waals surface area contributed by atoms with E-state index in [0.717, 1.165) is 31.7 Å². The van der Waals surface area contributed by atoms with E-state index in [1.807, 2.05) is 12.1 Å². The number of nitrogens with zero attached hydrogens (tertiary/aromatic N) is 2. The molecule has 2 heterocycles. The topological polar surface area (TPSA) is 32.8 Å². The molecular weight excluding hydrogens is 276 g/mol. The quantitative estimate of drug-likeness (QED) is 0.836. The Morgan fingerprint density at radius 1 is 1.27 bits per heavy atom. The molecule has 3 rings (SSSR count). The first-order chi connectivity index (χ1) is 10.7. The largest absolute Gasteiger partial charge is 0.497 e. The van der Waals surface area contributed by atoms with Crippen molar-refractivity contribution in [3.05, 3.63) is 29.8 Å². The molecule has 0 unspecified atom stereocenters. The maximum Gasteiger partial charge on any atom is 0.222 e. The number of methoxy groups -OCH3 is 1. The summed E-state index contributed by atoms with van der Waals surface area (Å²) < 4.78 is 5.16. The molecule has 2 aliphatic heterocycles. The Morgan fingerprint density at radius 3 is 2.73 bits per heavy atom. The molecule has 1 aromatic carbocycles. The fourth-order valence-electron chi connectivity index (χ4n) is 3.77. The van der Waals surface area contributed by atoms with E-state index in [4.69, 9.17) is 4.74 Å². The number of likely N-dealkylation sites (N-methyl/N-ethyl adjacent to an activating group) is 1. The molecule has 22 heavy (non-hydrogen) atoms. The number of rotatable bonds is 5. The molecule has 120 valence electrons. The molecule has 2 aliphatic rings. The molecule has 4 heteroatoms. The fraction of sp³-hybridized carbons (Fsp3) is 0.611. The Bertz CT molecular complexity index is 514. The fourth-order valence-corrected chi connectivity index (χ4v) is 3.77. The molecule has 0 N–H and O–H groups in total. The number of fused-ring (bicyclic) bond motifs is 1. The first kappa shape index (κ1) is 15.3. The van der Waals surface area contributed by atoms with Crippen molar-refractivity contribution in [2.45, 2.75) is 31.7 Å². The van der Waals surface area contributed by atoms with Crippen molar-refractivity contribution in [3.63, 3.8) is 0 Å². The summed E-state index contributed by atoms with van der Waals surface area (Å²) in [6, 6.07) is 8.73. The predicted octanol–water partition coefficient (Wildman–Crippen LogP) is 2.18. The normalized spacial score (nSPS) is 24.5. The van der Waals surface area contributed by atoms with Crippen LogP contribution in [0.2, 0.25) is 0 Å². The van der Waals surface area contributed by atoms with Crippen molar-refractivity contribution >= 4 is 5.91 Å². The summed E-state index contributed by atoms with van der Waals surface area (Å²) in [6.07, 6.45) is 3.79. The van der Waals surface area contributed by atoms with Gasteiger partial charge in [0, 0.05) is 25.6 Å². The van der Waals surface area contributed by atoms with Gasteiger partial charge in [0.25, 0.3) is 0 Å². The highest BCUT2D eigenvalue weighted by Crippen LogP contribution is 2.30. The summed E-state index contributed by atoms with van der Waals surface area (Å²) in [5.74, 6) is 1.92. The maximum atomic E-state index is 12.4. The van der Waals surface area contributed by atoms with Gasteiger partial charge in [-0.2, -0.15) is 0 Å². The summed E-state index contributed by atoms with van der Waals surface area (Å²) in [5, 5.41) is 0. The van der Waals surface area contributed by atoms with E-state index in [1.165, 1.54) is 18.5 Å². The van der Waals surface area contributed by atoms with Gasteiger partial charge < -0.3 is 14.5 Å². The zero-order valence-electron chi connectivity index (χ0n) is 13.6. The van der Waals surface area contributed by atoms with E-state index in [-0.39, 0.29) is 0 Å². The summed E-state index contributed by atoms with van der Waals surface area (Å²) in [5.41, 5.74) is 1.27. The lowest BCUT2D eigenvalue weighted by atomic mass is 10.1. The van der Waals surface area contributed by atoms with Crippen molar-refractivity contribution < 1.29 is 9.53 Å². The summed E-state index contributed by atoms with van der Waals surface area (Å²) >= 11 is 0. The highest BCUT2D eigenvalue weighted by atomic mass is 16.5. The zero-order valence-corrected chi connectivity index (χ0v) is 13.6. The molecule has 4 nitrogen and oxygen atoms in total. The lowest BCUT2D eigenvalue weighted by Gasteiger charge is -2.20. The number of likely N-dealkylation sites (tertiary alicyclic amines) is 2. The van der Waals surface area contributed by atoms with Crippen LogP contribution < -0.4 is 4.74 Å². The standard InChI is InChI=1S/C18H26N2O2/c1-19-11-10-15-12-20(13-17(15)19)18(21)5-3-4-14-6-8-16(22-2)9-7-14/h6-9,15,17H,3-5,10-13H2,1-2H3/t15-,17+/m0/s1. The molecule has 2 atom stereocenters. The van der Waals surface area contributed by atoms with Crippen molar-refractivity contribution in [2.24, 2.45) is 5.92 Å². The van der Waals surface area contributed by atoms with Crippen molar-refractivity contribution in [3.8, 4) is 5.75 Å². The molecule has 0 aromatic heterocycles. The van der Waals surface area contributed by atoms with E-state index >= 15 is 0 Å². The minimum Gasteiger partial charge on any atom is -0.497 e. The van der Waals surface area contributed by atoms with Gasteiger partial charge >= 0.3 is 0 Å². The van der Waals surface area contributed by atoms with Crippen LogP contribution in [0.25, 0.3) is 0 Å². The molecule has 0 radical (unpaired) electrons. The van der Waals surface area contributed by atoms with Gasteiger partial charge in [-0.15, -0.1) is 0 Å². The van der Waals surface area contributed by atoms with Crippen LogP contribution in [0.5, 0.6) is 5.75 Å². The Labute approximate surface area is 133 Å². The van der Waals surface area contributed by atoms with Gasteiger partial charge in [0.05, 0.1) is 7.11 Å². The molecule has 0 saturated carbocycles. The highest BCUT2D eigenvalue weighted by Gasteiger charge is 2.40. The number of aryl methyl sites for hydroxylation is 1. The Kier molecular flexibility index (Phi) is 4.67. The molecule has 1 amide bonds. The zero-order chi connectivity index (χ0) is 15.5. The average Bonchev–Trinajstić information content (AvgIpc) is 3.10. The van der Waals surface area contributed by atoms with Gasteiger partial charge in [-0.05, 0) is 56.5 Å². The number of amides is 1. The van der Waals surface area contributed by atoms with E-state index in [0.29, 0.717) is 24.3 Å². The van der Waals surface area contributed by atoms with Crippen LogP contribution >= 0.6 is 0 Å². The molecule has 2 fully saturated rings. The van der Waals surface area contributed by atoms with Crippen LogP contribution in [0.3, 0.4) is 0 Å². The van der Waals surface area contributed by atoms with Crippen LogP contribution in [-0.2, 0) is 11.2 Å². The number of hydrogen-bond acceptors (Lipinski definition) is 3. The highest BCUT2D eigenvalue weighted by molar-refractivity contribution is 5.76. The molecule has 0 bridgehead atoms. The summed E-state index contributed by atoms with van der Waals surface area (Å²) in [4.78, 5) is 16.9. The predicted molar refractivity (Wildman–Crippen MR) is 87.0 cm³/mol. The first-order valence-corrected chi connectivity index (χ1v) is 8.28. The van der Waals surface area contributed by atoms with Crippen molar-refractivity contribution in [1.82, 2.24) is 9.80 Å². The van der Waals surface area contributed by atoms with E-state index in [9.17, 15) is 4.79 Å². The van der Waals surface area contributed by atoms with Gasteiger partial charge in [-0.25, -0.2) is 0 Å². The second-order valence-electron chi connectivity index (χ2n) is 6.60. The average molecular weight is 302 g/mol. The first-order valence-electron chi connectivity index (χ1n) is 8.28. The Hall–Kier alpha value is -1.55. The lowest BCUT2D eigenvalue weighted by Crippen LogP contribution is -2.34. The molecule has 0 aliphatic carbocycles. The Balaban J connectivity index is 1.43. The van der Waals surface area contributed by atoms with E-state index < -0.39 is 0 Å². The van der Waals surface area contributed by atoms with Gasteiger partial charge in [-0.3, -0.25) is 4.79 Å². The third kappa shape index (κ3) is 3.27. The number of hydrogen-bond donors (Lipinski definition) is 0. The van der Waals surface area contributed by atoms with Crippen LogP contribution in [0.4, 0.5) is 0 Å². The van der Waals surface area contributed by atoms with Gasteiger partial charge in [0.1, 0.15) is 5.75 Å². The number of ether oxygens (including phenoxy) is 1. The van der Waals surface area contributed by atoms with Crippen LogP contribution in [-0.4, -0.2) is 55.5 Å². The minimum absolute atomic E-state index is 0.330. The third-order valence-electron chi connectivity index (χ3n) is 5.19. The summed E-state index contributed by atoms with van der Waals surface area (Å²) in [6.45, 7) is 3.09. The lowest BCUT2D eigenvalue weighted by molar-refractivity contribution is -0.130. The number of carbonyl (C=O) groups is 1. The van der Waals surface area contributed by atoms with Crippen molar-refractivity contribution in [2.75, 3.05) is 33.8 Å². The van der Waals surface area contributed by atoms with Gasteiger partial charge in [0.2, 0.25) is 5.91 Å². The monoisotopic (exact) mass is 302 g/mol. The number of benzene rings is 1. The van der Waals surface area contributed by atoms with Gasteiger partial charge in [0.15, 0.2) is 0 Å². The Morgan fingerprint density at radius 2 is 2.05 bits per heavy atom. The molecule has 0 spiro atoms. The second kappa shape index (κ2) is 6.69. The van der Waals surface area contributed by atoms with Crippen LogP contribution in [0.1, 0.15) is 24.8 Å². The number of carbonyl (C=O) groups excluding carboxylic acids is 1.